The van der Waals surface area contributed by atoms with Gasteiger partial charge >= 0.3 is 6.18 Å². The Morgan fingerprint density at radius 2 is 1.80 bits per heavy atom. The predicted octanol–water partition coefficient (Wildman–Crippen LogP) is 6.42. The number of nitrogens with one attached hydrogen (secondary N) is 3. The molecule has 11 heteroatoms. The van der Waals surface area contributed by atoms with Gasteiger partial charge in [0.2, 0.25) is 5.95 Å². The lowest BCUT2D eigenvalue weighted by Gasteiger charge is -2.29. The van der Waals surface area contributed by atoms with Gasteiger partial charge in [0.05, 0.1) is 26.0 Å². The van der Waals surface area contributed by atoms with Crippen molar-refractivity contribution in [3.05, 3.63) is 64.3 Å². The first-order chi connectivity index (χ1) is 19.3. The monoisotopic (exact) mass is 574 g/mol. The van der Waals surface area contributed by atoms with Crippen molar-refractivity contribution in [3.8, 4) is 0 Å². The molecule has 5 rings (SSSR count). The molecular weight excluding hydrogens is 541 g/mol. The Balaban J connectivity index is 1.27. The van der Waals surface area contributed by atoms with E-state index in [9.17, 15) is 13.2 Å². The minimum absolute atomic E-state index is 0.158. The van der Waals surface area contributed by atoms with E-state index in [2.05, 4.69) is 55.9 Å². The van der Waals surface area contributed by atoms with E-state index in [1.807, 2.05) is 18.2 Å². The number of halogens is 4. The number of hydrogen-bond acceptors (Lipinski definition) is 7. The van der Waals surface area contributed by atoms with Crippen molar-refractivity contribution in [3.63, 3.8) is 0 Å². The molecular formula is C29H34ClF3N6O. The molecule has 1 atom stereocenters. The van der Waals surface area contributed by atoms with Gasteiger partial charge in [0.1, 0.15) is 5.02 Å². The minimum Gasteiger partial charge on any atom is -0.378 e. The molecule has 7 nitrogen and oxygen atoms in total. The van der Waals surface area contributed by atoms with Crippen LogP contribution in [0.5, 0.6) is 0 Å². The lowest BCUT2D eigenvalue weighted by Crippen LogP contribution is -2.37. The molecule has 1 aliphatic carbocycles. The molecule has 0 spiro atoms. The largest absolute Gasteiger partial charge is 0.401 e. The number of hydrogen-bond donors (Lipinski definition) is 3. The summed E-state index contributed by atoms with van der Waals surface area (Å²) in [4.78, 5) is 11.3. The van der Waals surface area contributed by atoms with Gasteiger partial charge in [0.25, 0.3) is 0 Å². The number of benzene rings is 2. The van der Waals surface area contributed by atoms with Gasteiger partial charge in [-0.15, -0.1) is 0 Å². The van der Waals surface area contributed by atoms with Crippen LogP contribution in [0.2, 0.25) is 5.02 Å². The second kappa shape index (κ2) is 12.6. The van der Waals surface area contributed by atoms with Crippen LogP contribution in [-0.4, -0.2) is 55.0 Å². The highest BCUT2D eigenvalue weighted by Crippen LogP contribution is 2.31. The van der Waals surface area contributed by atoms with Crippen molar-refractivity contribution in [2.75, 3.05) is 48.4 Å². The average molecular weight is 575 g/mol. The van der Waals surface area contributed by atoms with E-state index in [4.69, 9.17) is 16.3 Å². The average Bonchev–Trinajstić information content (AvgIpc) is 3.16. The fourth-order valence-electron chi connectivity index (χ4n) is 5.23. The number of aryl methyl sites for hydroxylation is 3. The zero-order valence-electron chi connectivity index (χ0n) is 22.5. The molecule has 1 saturated heterocycles. The van der Waals surface area contributed by atoms with Crippen LogP contribution >= 0.6 is 11.6 Å². The van der Waals surface area contributed by atoms with E-state index in [0.29, 0.717) is 36.1 Å². The number of morpholine rings is 1. The fourth-order valence-corrected chi connectivity index (χ4v) is 5.37. The Kier molecular flexibility index (Phi) is 8.97. The van der Waals surface area contributed by atoms with Crippen LogP contribution in [0.25, 0.3) is 0 Å². The van der Waals surface area contributed by atoms with Crippen molar-refractivity contribution >= 4 is 40.4 Å². The van der Waals surface area contributed by atoms with Gasteiger partial charge in [0, 0.05) is 36.2 Å². The van der Waals surface area contributed by atoms with Crippen molar-refractivity contribution in [1.29, 1.82) is 0 Å². The lowest BCUT2D eigenvalue weighted by molar-refractivity contribution is -0.126. The van der Waals surface area contributed by atoms with Crippen molar-refractivity contribution in [1.82, 2.24) is 15.3 Å². The Hall–Kier alpha value is -3.08. The zero-order valence-corrected chi connectivity index (χ0v) is 23.2. The molecule has 0 bridgehead atoms. The normalized spacial score (nSPS) is 17.7. The second-order valence-corrected chi connectivity index (χ2v) is 10.6. The number of ether oxygens (including phenoxy) is 1. The number of nitrogens with zero attached hydrogens (tertiary/aromatic N) is 3. The molecule has 2 aromatic carbocycles. The lowest BCUT2D eigenvalue weighted by atomic mass is 10.0. The van der Waals surface area contributed by atoms with Gasteiger partial charge in [-0.1, -0.05) is 24.6 Å². The molecule has 0 amide bonds. The molecule has 2 aliphatic rings. The standard InChI is InChI=1S/C29H34ClF3N6O/c1-2-19-16-24(39-11-13-40-14-12-39)9-10-26(19)37-27-25(30)17-34-28(38-27)36-23-8-4-20-3-6-22(7-5-21(20)15-23)35-18-29(31,32)33/h4,8-10,15-17,22,35H,2-3,5-7,11-14,18H2,1H3,(H2,34,36,37,38). The van der Waals surface area contributed by atoms with Crippen molar-refractivity contribution in [2.24, 2.45) is 0 Å². The van der Waals surface area contributed by atoms with E-state index in [1.165, 1.54) is 5.69 Å². The third-order valence-corrected chi connectivity index (χ3v) is 7.70. The Morgan fingerprint density at radius 1 is 1.02 bits per heavy atom. The van der Waals surface area contributed by atoms with E-state index >= 15 is 0 Å². The van der Waals surface area contributed by atoms with E-state index in [-0.39, 0.29) is 6.04 Å². The first kappa shape index (κ1) is 28.4. The summed E-state index contributed by atoms with van der Waals surface area (Å²) in [5.41, 5.74) is 6.37. The molecule has 0 saturated carbocycles. The van der Waals surface area contributed by atoms with Crippen molar-refractivity contribution < 1.29 is 17.9 Å². The number of rotatable bonds is 8. The molecule has 40 heavy (non-hydrogen) atoms. The van der Waals surface area contributed by atoms with Crippen LogP contribution < -0.4 is 20.9 Å². The minimum atomic E-state index is -4.20. The van der Waals surface area contributed by atoms with E-state index in [0.717, 1.165) is 67.2 Å². The smallest absolute Gasteiger partial charge is 0.378 e. The highest BCUT2D eigenvalue weighted by Gasteiger charge is 2.28. The summed E-state index contributed by atoms with van der Waals surface area (Å²) in [5, 5.41) is 9.71. The summed E-state index contributed by atoms with van der Waals surface area (Å²) in [6.45, 7) is 4.38. The first-order valence-electron chi connectivity index (χ1n) is 13.7. The first-order valence-corrected chi connectivity index (χ1v) is 14.1. The molecule has 2 heterocycles. The second-order valence-electron chi connectivity index (χ2n) is 10.2. The molecule has 0 radical (unpaired) electrons. The molecule has 1 fully saturated rings. The maximum absolute atomic E-state index is 12.6. The van der Waals surface area contributed by atoms with Crippen LogP contribution in [-0.2, 0) is 24.0 Å². The molecule has 1 aromatic heterocycles. The fraction of sp³-hybridized carbons (Fsp3) is 0.448. The molecule has 1 unspecified atom stereocenters. The highest BCUT2D eigenvalue weighted by atomic mass is 35.5. The molecule has 214 valence electrons. The van der Waals surface area contributed by atoms with Crippen LogP contribution in [0.4, 0.5) is 42.0 Å². The van der Waals surface area contributed by atoms with Crippen LogP contribution in [0.1, 0.15) is 36.5 Å². The van der Waals surface area contributed by atoms with Crippen molar-refractivity contribution in [2.45, 2.75) is 51.2 Å². The number of anilines is 5. The maximum atomic E-state index is 12.6. The van der Waals surface area contributed by atoms with Gasteiger partial charge in [-0.2, -0.15) is 18.2 Å². The molecule has 3 N–H and O–H groups in total. The summed E-state index contributed by atoms with van der Waals surface area (Å²) in [5.74, 6) is 0.898. The zero-order chi connectivity index (χ0) is 28.1. The Bertz CT molecular complexity index is 1320. The van der Waals surface area contributed by atoms with Gasteiger partial charge < -0.3 is 25.6 Å². The Labute approximate surface area is 237 Å². The highest BCUT2D eigenvalue weighted by molar-refractivity contribution is 6.32. The quantitative estimate of drug-likeness (QED) is 0.268. The SMILES string of the molecule is CCc1cc(N2CCOCC2)ccc1Nc1nc(Nc2ccc3c(c2)CCC(NCC(F)(F)F)CC3)ncc1Cl. The number of aromatic nitrogens is 2. The molecule has 3 aromatic rings. The third kappa shape index (κ3) is 7.35. The van der Waals surface area contributed by atoms with Gasteiger partial charge in [-0.25, -0.2) is 4.98 Å². The van der Waals surface area contributed by atoms with Crippen LogP contribution in [0.3, 0.4) is 0 Å². The van der Waals surface area contributed by atoms with Gasteiger partial charge in [0.15, 0.2) is 5.82 Å². The van der Waals surface area contributed by atoms with Gasteiger partial charge in [-0.05, 0) is 79.1 Å². The summed E-state index contributed by atoms with van der Waals surface area (Å²) in [6.07, 6.45) is 0.979. The van der Waals surface area contributed by atoms with E-state index in [1.54, 1.807) is 6.20 Å². The topological polar surface area (TPSA) is 74.3 Å². The van der Waals surface area contributed by atoms with E-state index < -0.39 is 12.7 Å². The maximum Gasteiger partial charge on any atom is 0.401 e. The Morgan fingerprint density at radius 3 is 2.55 bits per heavy atom. The summed E-state index contributed by atoms with van der Waals surface area (Å²) in [6, 6.07) is 12.2. The number of alkyl halides is 3. The predicted molar refractivity (Wildman–Crippen MR) is 153 cm³/mol. The summed E-state index contributed by atoms with van der Waals surface area (Å²) >= 11 is 6.46. The van der Waals surface area contributed by atoms with Gasteiger partial charge in [-0.3, -0.25) is 0 Å². The summed E-state index contributed by atoms with van der Waals surface area (Å²) in [7, 11) is 0. The third-order valence-electron chi connectivity index (χ3n) is 7.42. The molecule has 1 aliphatic heterocycles. The van der Waals surface area contributed by atoms with Crippen LogP contribution in [0, 0.1) is 0 Å². The number of fused-ring (bicyclic) bond motifs is 1. The van der Waals surface area contributed by atoms with Crippen LogP contribution in [0.15, 0.2) is 42.6 Å². The summed E-state index contributed by atoms with van der Waals surface area (Å²) < 4.78 is 43.4.